The van der Waals surface area contributed by atoms with Crippen LogP contribution in [-0.2, 0) is 22.8 Å². The van der Waals surface area contributed by atoms with Crippen molar-refractivity contribution in [2.24, 2.45) is 18.4 Å². The molecule has 4 fully saturated rings. The van der Waals surface area contributed by atoms with Crippen molar-refractivity contribution in [2.75, 3.05) is 39.3 Å². The Morgan fingerprint density at radius 3 is 2.58 bits per heavy atom. The summed E-state index contributed by atoms with van der Waals surface area (Å²) in [6.07, 6.45) is 4.93. The smallest absolute Gasteiger partial charge is 0.339 e. The Bertz CT molecular complexity index is 1940. The summed E-state index contributed by atoms with van der Waals surface area (Å²) in [5, 5.41) is 13.5. The molecule has 6 heterocycles. The number of rotatable bonds is 6. The molecule has 0 radical (unpaired) electrons. The Balaban J connectivity index is 0.861. The second-order valence-corrected chi connectivity index (χ2v) is 14.9. The van der Waals surface area contributed by atoms with Crippen molar-refractivity contribution in [2.45, 2.75) is 62.8 Å². The van der Waals surface area contributed by atoms with E-state index < -0.39 is 28.9 Å². The van der Waals surface area contributed by atoms with Crippen molar-refractivity contribution < 1.29 is 22.8 Å². The number of hydrogen-bond donors (Lipinski definition) is 2. The van der Waals surface area contributed by atoms with Crippen LogP contribution in [0.5, 0.6) is 0 Å². The zero-order valence-electron chi connectivity index (χ0n) is 28.9. The molecule has 15 heteroatoms. The molecular weight excluding hydrogens is 673 g/mol. The lowest BCUT2D eigenvalue weighted by atomic mass is 9.76. The first-order chi connectivity index (χ1) is 25.0. The van der Waals surface area contributed by atoms with Crippen molar-refractivity contribution >= 4 is 17.4 Å². The van der Waals surface area contributed by atoms with Gasteiger partial charge < -0.3 is 9.80 Å². The summed E-state index contributed by atoms with van der Waals surface area (Å²) in [4.78, 5) is 41.7. The number of hydrazine groups is 1. The molecule has 2 amide bonds. The topological polar surface area (TPSA) is 135 Å². The molecule has 4 aliphatic heterocycles. The number of carbonyl (C=O) groups is 2. The van der Waals surface area contributed by atoms with Gasteiger partial charge in [-0.2, -0.15) is 23.5 Å². The molecule has 1 spiro atoms. The van der Waals surface area contributed by atoms with E-state index in [0.717, 1.165) is 42.9 Å². The molecule has 1 saturated carbocycles. The number of aryl methyl sites for hydroxylation is 1. The molecule has 3 saturated heterocycles. The second-order valence-electron chi connectivity index (χ2n) is 14.9. The van der Waals surface area contributed by atoms with E-state index in [1.807, 2.05) is 29.0 Å². The predicted molar refractivity (Wildman–Crippen MR) is 183 cm³/mol. The maximum absolute atomic E-state index is 14.1. The summed E-state index contributed by atoms with van der Waals surface area (Å²) in [5.41, 5.74) is 7.93. The number of alkyl halides is 3. The Labute approximate surface area is 299 Å². The van der Waals surface area contributed by atoms with Gasteiger partial charge in [-0.3, -0.25) is 24.6 Å². The van der Waals surface area contributed by atoms with E-state index in [-0.39, 0.29) is 36.4 Å². The number of amides is 2. The number of carbonyl (C=O) groups excluding carboxylic acids is 2. The molecule has 8 rings (SSSR count). The molecule has 5 aliphatic rings. The van der Waals surface area contributed by atoms with Crippen molar-refractivity contribution in [3.63, 3.8) is 0 Å². The average Bonchev–Trinajstić information content (AvgIpc) is 3.95. The van der Waals surface area contributed by atoms with Crippen LogP contribution in [0, 0.1) is 22.7 Å². The molecule has 3 aromatic rings. The van der Waals surface area contributed by atoms with Crippen molar-refractivity contribution in [1.29, 1.82) is 5.26 Å². The molecule has 12 nitrogen and oxygen atoms in total. The highest BCUT2D eigenvalue weighted by Gasteiger charge is 2.54. The maximum atomic E-state index is 14.1. The van der Waals surface area contributed by atoms with E-state index in [1.165, 1.54) is 11.8 Å². The number of pyridine rings is 1. The quantitative estimate of drug-likeness (QED) is 0.392. The molecular formula is C37H41F3N10O2. The summed E-state index contributed by atoms with van der Waals surface area (Å²) in [6, 6.07) is 10.4. The fourth-order valence-electron chi connectivity index (χ4n) is 9.03. The Morgan fingerprint density at radius 1 is 1.08 bits per heavy atom. The van der Waals surface area contributed by atoms with Gasteiger partial charge in [0.15, 0.2) is 11.5 Å². The van der Waals surface area contributed by atoms with Gasteiger partial charge in [0, 0.05) is 57.1 Å². The third kappa shape index (κ3) is 6.37. The lowest BCUT2D eigenvalue weighted by molar-refractivity contribution is -0.139. The van der Waals surface area contributed by atoms with Crippen LogP contribution >= 0.6 is 0 Å². The zero-order valence-corrected chi connectivity index (χ0v) is 28.9. The highest BCUT2D eigenvalue weighted by Crippen LogP contribution is 2.46. The second kappa shape index (κ2) is 13.4. The molecule has 2 N–H and O–H groups in total. The minimum absolute atomic E-state index is 0.0151. The molecule has 1 aliphatic carbocycles. The van der Waals surface area contributed by atoms with Gasteiger partial charge in [0.05, 0.1) is 23.6 Å². The van der Waals surface area contributed by atoms with Crippen LogP contribution in [0.1, 0.15) is 67.0 Å². The molecule has 52 heavy (non-hydrogen) atoms. The zero-order chi connectivity index (χ0) is 36.2. The van der Waals surface area contributed by atoms with E-state index in [4.69, 9.17) is 0 Å². The highest BCUT2D eigenvalue weighted by atomic mass is 19.4. The van der Waals surface area contributed by atoms with E-state index in [9.17, 15) is 28.0 Å². The van der Waals surface area contributed by atoms with E-state index in [1.54, 1.807) is 17.1 Å². The number of nitriles is 1. The van der Waals surface area contributed by atoms with Crippen molar-refractivity contribution in [3.8, 4) is 17.5 Å². The first kappa shape index (κ1) is 34.4. The van der Waals surface area contributed by atoms with Gasteiger partial charge in [0.1, 0.15) is 12.4 Å². The number of halogens is 3. The number of nitrogens with zero attached hydrogens (tertiary/aromatic N) is 8. The van der Waals surface area contributed by atoms with Gasteiger partial charge in [-0.1, -0.05) is 30.3 Å². The third-order valence-corrected chi connectivity index (χ3v) is 11.9. The summed E-state index contributed by atoms with van der Waals surface area (Å²) >= 11 is 0. The van der Waals surface area contributed by atoms with Gasteiger partial charge in [-0.25, -0.2) is 15.4 Å². The fourth-order valence-corrected chi connectivity index (χ4v) is 9.03. The Morgan fingerprint density at radius 2 is 1.87 bits per heavy atom. The van der Waals surface area contributed by atoms with Gasteiger partial charge in [-0.05, 0) is 73.8 Å². The van der Waals surface area contributed by atoms with Crippen LogP contribution in [0.15, 0.2) is 48.9 Å². The lowest BCUT2D eigenvalue weighted by Crippen LogP contribution is -2.47. The Hall–Kier alpha value is -4.65. The molecule has 0 bridgehead atoms. The van der Waals surface area contributed by atoms with Crippen LogP contribution in [0.4, 0.5) is 13.2 Å². The summed E-state index contributed by atoms with van der Waals surface area (Å²) in [6.45, 7) is 3.37. The van der Waals surface area contributed by atoms with Crippen LogP contribution in [0.3, 0.4) is 0 Å². The third-order valence-electron chi connectivity index (χ3n) is 11.9. The normalized spacial score (nSPS) is 28.0. The monoisotopic (exact) mass is 714 g/mol. The highest BCUT2D eigenvalue weighted by molar-refractivity contribution is 5.86. The lowest BCUT2D eigenvalue weighted by Gasteiger charge is -2.38. The fraction of sp³-hybridized carbons (Fsp3) is 0.514. The summed E-state index contributed by atoms with van der Waals surface area (Å²) in [7, 11) is 1.84. The van der Waals surface area contributed by atoms with Gasteiger partial charge in [0.2, 0.25) is 11.8 Å². The Kier molecular flexibility index (Phi) is 8.87. The average molecular weight is 715 g/mol. The number of aromatic nitrogens is 4. The molecule has 5 atom stereocenters. The summed E-state index contributed by atoms with van der Waals surface area (Å²) < 4.78 is 42.8. The number of nitrogens with one attached hydrogen (secondary N) is 2. The molecule has 1 aromatic carbocycles. The standard InChI is InChI=1S/C37H41F3N10O2/c1-47-22-43-34(46-47)25-4-2-23(3-5-25)24-8-12-49(13-9-24)32(51)20-48-14-10-36(21-48)11-15-50(35(36)52)27-6-7-30-28(17-27)33(45-44-30)26-16-29(37(38,39)40)31(18-41)42-19-26/h2-5,8,16,19,22,27-28,30,33,44-45H,6-7,9-15,17,20-21H2,1H3/t27?,28?,30?,33?,36-/m0/s1. The van der Waals surface area contributed by atoms with Crippen molar-refractivity contribution in [1.82, 2.24) is 45.3 Å². The van der Waals surface area contributed by atoms with Crippen LogP contribution in [-0.4, -0.2) is 97.6 Å². The first-order valence-corrected chi connectivity index (χ1v) is 18.0. The first-order valence-electron chi connectivity index (χ1n) is 18.0. The maximum Gasteiger partial charge on any atom is 0.419 e. The van der Waals surface area contributed by atoms with Crippen molar-refractivity contribution in [3.05, 3.63) is 71.3 Å². The largest absolute Gasteiger partial charge is 0.419 e. The number of likely N-dealkylation sites (tertiary alicyclic amines) is 2. The molecule has 272 valence electrons. The van der Waals surface area contributed by atoms with Gasteiger partial charge in [-0.15, -0.1) is 0 Å². The van der Waals surface area contributed by atoms with E-state index >= 15 is 0 Å². The van der Waals surface area contributed by atoms with E-state index in [2.05, 4.69) is 49.0 Å². The summed E-state index contributed by atoms with van der Waals surface area (Å²) in [5.74, 6) is 0.851. The molecule has 2 aromatic heterocycles. The number of hydrogen-bond acceptors (Lipinski definition) is 9. The van der Waals surface area contributed by atoms with Gasteiger partial charge in [0.25, 0.3) is 0 Å². The van der Waals surface area contributed by atoms with Crippen LogP contribution in [0.25, 0.3) is 17.0 Å². The SMILES string of the molecule is Cn1cnc(-c2ccc(C3=CCN(C(=O)CN4CC[C@]5(CCN(C6CCC7NNC(c8cnc(C#N)c(C(F)(F)F)c8)C7C6)C5=O)C4)CC3)cc2)n1. The number of fused-ring (bicyclic) bond motifs is 1. The number of benzene rings is 1. The minimum Gasteiger partial charge on any atom is -0.339 e. The van der Waals surface area contributed by atoms with Crippen LogP contribution < -0.4 is 10.9 Å². The van der Waals surface area contributed by atoms with E-state index in [0.29, 0.717) is 57.0 Å². The van der Waals surface area contributed by atoms with Gasteiger partial charge >= 0.3 is 6.18 Å². The predicted octanol–water partition coefficient (Wildman–Crippen LogP) is 3.69. The molecule has 4 unspecified atom stereocenters. The minimum atomic E-state index is -4.69. The van der Waals surface area contributed by atoms with Crippen LogP contribution in [0.2, 0.25) is 0 Å².